The summed E-state index contributed by atoms with van der Waals surface area (Å²) in [7, 11) is 0. The van der Waals surface area contributed by atoms with E-state index in [9.17, 15) is 29.4 Å². The molecule has 3 amide bonds. The molecule has 0 unspecified atom stereocenters. The first-order valence-electron chi connectivity index (χ1n) is 9.85. The molecule has 7 N–H and O–H groups in total. The summed E-state index contributed by atoms with van der Waals surface area (Å²) in [5.41, 5.74) is 9.48. The third kappa shape index (κ3) is 4.48. The fourth-order valence-electron chi connectivity index (χ4n) is 3.71. The van der Waals surface area contributed by atoms with Gasteiger partial charge in [0.2, 0.25) is 11.8 Å². The molecule has 6 atom stereocenters. The molecule has 0 spiro atoms. The fraction of sp³-hybridized carbons (Fsp3) is 0.778. The second-order valence-electron chi connectivity index (χ2n) is 7.80. The highest BCUT2D eigenvalue weighted by Gasteiger charge is 2.50. The zero-order valence-electron chi connectivity index (χ0n) is 16.8. The second-order valence-corrected chi connectivity index (χ2v) is 7.80. The number of carbonyl (C=O) groups excluding carboxylic acids is 4. The summed E-state index contributed by atoms with van der Waals surface area (Å²) in [5.74, 6) is -2.20. The summed E-state index contributed by atoms with van der Waals surface area (Å²) < 4.78 is 0. The molecule has 0 radical (unpaired) electrons. The van der Waals surface area contributed by atoms with E-state index < -0.39 is 53.7 Å². The molecule has 0 bridgehead atoms. The number of aliphatic hydroxyl groups is 2. The Labute approximate surface area is 169 Å². The van der Waals surface area contributed by atoms with Gasteiger partial charge in [-0.2, -0.15) is 0 Å². The van der Waals surface area contributed by atoms with Crippen molar-refractivity contribution in [3.05, 3.63) is 0 Å². The van der Waals surface area contributed by atoms with Crippen LogP contribution in [0.3, 0.4) is 0 Å². The highest BCUT2D eigenvalue weighted by Crippen LogP contribution is 2.25. The molecule has 2 heterocycles. The average Bonchev–Trinajstić information content (AvgIpc) is 3.37. The lowest BCUT2D eigenvalue weighted by Gasteiger charge is -2.41. The molecule has 0 saturated carbocycles. The van der Waals surface area contributed by atoms with E-state index in [1.807, 2.05) is 0 Å². The van der Waals surface area contributed by atoms with Gasteiger partial charge in [0, 0.05) is 6.54 Å². The van der Waals surface area contributed by atoms with Gasteiger partial charge in [0.15, 0.2) is 11.9 Å². The number of likely N-dealkylation sites (tertiary alicyclic amines) is 1. The number of amides is 3. The first-order chi connectivity index (χ1) is 13.6. The predicted molar refractivity (Wildman–Crippen MR) is 102 cm³/mol. The van der Waals surface area contributed by atoms with Crippen LogP contribution in [0.1, 0.15) is 39.5 Å². The maximum Gasteiger partial charge on any atom is 0.254 e. The number of imide groups is 1. The standard InChI is InChI=1S/C18H31N5O6/c1-10(25)14(19)17(29)22-8-4-6-13(22)16(28)23(18(20,9-24)11(2)26)15(27)12-5-3-7-21-12/h9-14,21,25-26H,3-8,19-20H2,1-2H3/t10-,11-,12+,13-,14+,18-/m1/s1. The number of hydrogen-bond donors (Lipinski definition) is 5. The van der Waals surface area contributed by atoms with Crippen LogP contribution in [0.2, 0.25) is 0 Å². The number of aliphatic hydroxyl groups excluding tert-OH is 2. The highest BCUT2D eigenvalue weighted by molar-refractivity contribution is 6.04. The van der Waals surface area contributed by atoms with Crippen LogP contribution in [0.4, 0.5) is 0 Å². The normalized spacial score (nSPS) is 27.0. The molecule has 2 rings (SSSR count). The molecule has 164 valence electrons. The lowest BCUT2D eigenvalue weighted by Crippen LogP contribution is -2.71. The summed E-state index contributed by atoms with van der Waals surface area (Å²) in [5, 5.41) is 22.7. The number of carbonyl (C=O) groups is 4. The van der Waals surface area contributed by atoms with E-state index in [1.165, 1.54) is 18.7 Å². The third-order valence-electron chi connectivity index (χ3n) is 5.67. The van der Waals surface area contributed by atoms with E-state index in [-0.39, 0.29) is 19.3 Å². The monoisotopic (exact) mass is 413 g/mol. The maximum absolute atomic E-state index is 13.4. The van der Waals surface area contributed by atoms with Crippen LogP contribution < -0.4 is 16.8 Å². The third-order valence-corrected chi connectivity index (χ3v) is 5.67. The van der Waals surface area contributed by atoms with Crippen molar-refractivity contribution in [2.45, 2.75) is 75.5 Å². The van der Waals surface area contributed by atoms with Crippen LogP contribution in [-0.2, 0) is 19.2 Å². The molecule has 0 aromatic carbocycles. The number of nitrogens with zero attached hydrogens (tertiary/aromatic N) is 2. The topological polar surface area (TPSA) is 179 Å². The maximum atomic E-state index is 13.4. The molecular formula is C18H31N5O6. The van der Waals surface area contributed by atoms with Crippen molar-refractivity contribution in [3.8, 4) is 0 Å². The Morgan fingerprint density at radius 2 is 1.86 bits per heavy atom. The first kappa shape index (κ1) is 23.4. The van der Waals surface area contributed by atoms with Crippen molar-refractivity contribution in [1.82, 2.24) is 15.1 Å². The van der Waals surface area contributed by atoms with Gasteiger partial charge in [0.1, 0.15) is 12.1 Å². The van der Waals surface area contributed by atoms with Crippen molar-refractivity contribution in [3.63, 3.8) is 0 Å². The van der Waals surface area contributed by atoms with Crippen molar-refractivity contribution >= 4 is 24.0 Å². The zero-order chi connectivity index (χ0) is 21.9. The smallest absolute Gasteiger partial charge is 0.254 e. The van der Waals surface area contributed by atoms with Gasteiger partial charge in [-0.25, -0.2) is 0 Å². The van der Waals surface area contributed by atoms with E-state index >= 15 is 0 Å². The van der Waals surface area contributed by atoms with Gasteiger partial charge in [-0.15, -0.1) is 0 Å². The number of aldehydes is 1. The van der Waals surface area contributed by atoms with Crippen LogP contribution in [0, 0.1) is 0 Å². The Hall–Kier alpha value is -1.92. The largest absolute Gasteiger partial charge is 0.391 e. The van der Waals surface area contributed by atoms with Crippen molar-refractivity contribution < 1.29 is 29.4 Å². The SMILES string of the molecule is C[C@@H](O)[C@H](N)C(=O)N1CCC[C@@H]1C(=O)N(C(=O)[C@@H]1CCCN1)[C@](N)(C=O)[C@@H](C)O. The molecule has 0 aromatic rings. The molecule has 11 heteroatoms. The Morgan fingerprint density at radius 3 is 2.34 bits per heavy atom. The predicted octanol–water partition coefficient (Wildman–Crippen LogP) is -2.97. The van der Waals surface area contributed by atoms with Crippen molar-refractivity contribution in [2.75, 3.05) is 13.1 Å². The van der Waals surface area contributed by atoms with Crippen LogP contribution in [0.25, 0.3) is 0 Å². The number of hydrogen-bond acceptors (Lipinski definition) is 9. The Bertz CT molecular complexity index is 651. The lowest BCUT2D eigenvalue weighted by molar-refractivity contribution is -0.165. The van der Waals surface area contributed by atoms with Crippen LogP contribution in [-0.4, -0.2) is 93.1 Å². The summed E-state index contributed by atoms with van der Waals surface area (Å²) in [6.07, 6.45) is -0.592. The van der Waals surface area contributed by atoms with E-state index in [1.54, 1.807) is 0 Å². The molecule has 2 aliphatic rings. The van der Waals surface area contributed by atoms with Gasteiger partial charge in [0.25, 0.3) is 5.91 Å². The van der Waals surface area contributed by atoms with Crippen molar-refractivity contribution in [2.24, 2.45) is 11.5 Å². The average molecular weight is 413 g/mol. The molecule has 2 saturated heterocycles. The molecule has 11 nitrogen and oxygen atoms in total. The van der Waals surface area contributed by atoms with Gasteiger partial charge in [-0.05, 0) is 46.1 Å². The minimum absolute atomic E-state index is 0.172. The first-order valence-corrected chi connectivity index (χ1v) is 9.85. The molecular weight excluding hydrogens is 382 g/mol. The number of rotatable bonds is 7. The van der Waals surface area contributed by atoms with E-state index in [2.05, 4.69) is 5.32 Å². The Balaban J connectivity index is 2.39. The summed E-state index contributed by atoms with van der Waals surface area (Å²) >= 11 is 0. The highest BCUT2D eigenvalue weighted by atomic mass is 16.3. The summed E-state index contributed by atoms with van der Waals surface area (Å²) in [6, 6.07) is -3.01. The lowest BCUT2D eigenvalue weighted by atomic mass is 10.00. The van der Waals surface area contributed by atoms with Gasteiger partial charge in [-0.1, -0.05) is 0 Å². The number of nitrogens with one attached hydrogen (secondary N) is 1. The van der Waals surface area contributed by atoms with E-state index in [4.69, 9.17) is 11.5 Å². The minimum Gasteiger partial charge on any atom is -0.391 e. The van der Waals surface area contributed by atoms with Crippen LogP contribution in [0.5, 0.6) is 0 Å². The van der Waals surface area contributed by atoms with Gasteiger partial charge in [-0.3, -0.25) is 29.8 Å². The second kappa shape index (κ2) is 9.26. The van der Waals surface area contributed by atoms with Gasteiger partial charge >= 0.3 is 0 Å². The minimum atomic E-state index is -2.28. The van der Waals surface area contributed by atoms with E-state index in [0.717, 1.165) is 0 Å². The van der Waals surface area contributed by atoms with Crippen molar-refractivity contribution in [1.29, 1.82) is 0 Å². The Morgan fingerprint density at radius 1 is 1.21 bits per heavy atom. The van der Waals surface area contributed by atoms with Crippen LogP contribution >= 0.6 is 0 Å². The molecule has 2 aliphatic heterocycles. The van der Waals surface area contributed by atoms with Gasteiger partial charge < -0.3 is 26.2 Å². The molecule has 0 aromatic heterocycles. The quantitative estimate of drug-likeness (QED) is 0.165. The molecule has 29 heavy (non-hydrogen) atoms. The fourth-order valence-corrected chi connectivity index (χ4v) is 3.71. The zero-order valence-corrected chi connectivity index (χ0v) is 16.8. The summed E-state index contributed by atoms with van der Waals surface area (Å²) in [4.78, 5) is 52.7. The van der Waals surface area contributed by atoms with E-state index in [0.29, 0.717) is 30.7 Å². The van der Waals surface area contributed by atoms with Gasteiger partial charge in [0.05, 0.1) is 18.2 Å². The summed E-state index contributed by atoms with van der Waals surface area (Å²) in [6.45, 7) is 3.36. The molecule has 2 fully saturated rings. The van der Waals surface area contributed by atoms with Crippen LogP contribution in [0.15, 0.2) is 0 Å². The Kier molecular flexibility index (Phi) is 7.46. The molecule has 0 aliphatic carbocycles. The number of nitrogens with two attached hydrogens (primary N) is 2.